The number of rotatable bonds is 9. The van der Waals surface area contributed by atoms with Crippen LogP contribution in [0.1, 0.15) is 25.1 Å². The molecule has 1 aromatic carbocycles. The van der Waals surface area contributed by atoms with Crippen LogP contribution in [0.25, 0.3) is 16.9 Å². The predicted molar refractivity (Wildman–Crippen MR) is 134 cm³/mol. The van der Waals surface area contributed by atoms with Crippen LogP contribution in [-0.2, 0) is 4.74 Å². The minimum atomic E-state index is -2.77. The second-order valence-corrected chi connectivity index (χ2v) is 9.54. The normalized spacial score (nSPS) is 18.6. The van der Waals surface area contributed by atoms with Crippen LogP contribution in [0.4, 0.5) is 24.9 Å². The average Bonchev–Trinajstić information content (AvgIpc) is 3.33. The number of ether oxygens (including phenoxy) is 1. The lowest BCUT2D eigenvalue weighted by Crippen LogP contribution is -2.40. The Labute approximate surface area is 213 Å². The van der Waals surface area contributed by atoms with E-state index >= 15 is 0 Å². The van der Waals surface area contributed by atoms with Gasteiger partial charge in [-0.3, -0.25) is 4.57 Å². The first-order valence-corrected chi connectivity index (χ1v) is 12.7. The fourth-order valence-corrected chi connectivity index (χ4v) is 4.96. The Balaban J connectivity index is 1.39. The standard InChI is InChI=1S/C25H32F3N7O2/c26-14-18(36)16-33-7-5-17(6-8-33)15-29-25-31-21(34-9-11-37-12-10-34)13-22(32-25)35-20-4-2-1-3-19(20)30-24(35)23(27)28/h1-4,13,17-18,23,36H,5-12,14-16H2,(H,29,31,32). The van der Waals surface area contributed by atoms with Crippen molar-refractivity contribution in [2.24, 2.45) is 5.92 Å². The molecule has 2 aliphatic rings. The summed E-state index contributed by atoms with van der Waals surface area (Å²) in [7, 11) is 0. The first kappa shape index (κ1) is 25.7. The lowest BCUT2D eigenvalue weighted by atomic mass is 9.96. The van der Waals surface area contributed by atoms with Gasteiger partial charge in [-0.1, -0.05) is 12.1 Å². The molecule has 1 atom stereocenters. The van der Waals surface area contributed by atoms with E-state index in [0.717, 1.165) is 25.9 Å². The van der Waals surface area contributed by atoms with E-state index < -0.39 is 19.2 Å². The molecule has 3 aromatic rings. The number of hydrogen-bond acceptors (Lipinski definition) is 8. The molecule has 2 saturated heterocycles. The summed E-state index contributed by atoms with van der Waals surface area (Å²) in [6, 6.07) is 8.75. The number of imidazole rings is 1. The quantitative estimate of drug-likeness (QED) is 0.446. The van der Waals surface area contributed by atoms with Gasteiger partial charge in [0, 0.05) is 32.2 Å². The molecule has 2 fully saturated rings. The Morgan fingerprint density at radius 3 is 2.49 bits per heavy atom. The van der Waals surface area contributed by atoms with Crippen LogP contribution in [0.5, 0.6) is 0 Å². The van der Waals surface area contributed by atoms with Crippen LogP contribution >= 0.6 is 0 Å². The van der Waals surface area contributed by atoms with Gasteiger partial charge in [-0.15, -0.1) is 0 Å². The van der Waals surface area contributed by atoms with Gasteiger partial charge in [-0.05, 0) is 44.0 Å². The number of aromatic nitrogens is 4. The van der Waals surface area contributed by atoms with Crippen LogP contribution in [0.15, 0.2) is 30.3 Å². The summed E-state index contributed by atoms with van der Waals surface area (Å²) in [4.78, 5) is 17.7. The van der Waals surface area contributed by atoms with Crippen molar-refractivity contribution in [3.63, 3.8) is 0 Å². The summed E-state index contributed by atoms with van der Waals surface area (Å²) in [5, 5.41) is 12.9. The number of aliphatic hydroxyl groups excluding tert-OH is 1. The number of aliphatic hydroxyl groups is 1. The summed E-state index contributed by atoms with van der Waals surface area (Å²) in [6.45, 7) is 4.21. The van der Waals surface area contributed by atoms with Gasteiger partial charge < -0.3 is 25.0 Å². The third-order valence-electron chi connectivity index (χ3n) is 6.95. The number of anilines is 2. The van der Waals surface area contributed by atoms with Crippen molar-refractivity contribution in [2.75, 3.05) is 69.4 Å². The molecule has 0 radical (unpaired) electrons. The molecule has 200 valence electrons. The zero-order valence-corrected chi connectivity index (χ0v) is 20.6. The summed E-state index contributed by atoms with van der Waals surface area (Å²) in [5.41, 5.74) is 1.03. The zero-order valence-electron chi connectivity index (χ0n) is 20.6. The van der Waals surface area contributed by atoms with Crippen molar-refractivity contribution in [1.29, 1.82) is 0 Å². The van der Waals surface area contributed by atoms with Gasteiger partial charge in [0.2, 0.25) is 5.95 Å². The van der Waals surface area contributed by atoms with Crippen molar-refractivity contribution >= 4 is 22.8 Å². The van der Waals surface area contributed by atoms with Crippen LogP contribution < -0.4 is 10.2 Å². The molecule has 2 aliphatic heterocycles. The van der Waals surface area contributed by atoms with Gasteiger partial charge in [0.05, 0.1) is 30.4 Å². The maximum Gasteiger partial charge on any atom is 0.296 e. The van der Waals surface area contributed by atoms with Gasteiger partial charge in [-0.2, -0.15) is 9.97 Å². The predicted octanol–water partition coefficient (Wildman–Crippen LogP) is 3.04. The number of morpholine rings is 1. The Bertz CT molecular complexity index is 1180. The number of likely N-dealkylation sites (tertiary alicyclic amines) is 1. The fourth-order valence-electron chi connectivity index (χ4n) is 4.96. The largest absolute Gasteiger partial charge is 0.389 e. The number of halogens is 3. The highest BCUT2D eigenvalue weighted by Crippen LogP contribution is 2.29. The number of benzene rings is 1. The molecule has 9 nitrogen and oxygen atoms in total. The fraction of sp³-hybridized carbons (Fsp3) is 0.560. The lowest BCUT2D eigenvalue weighted by molar-refractivity contribution is 0.0733. The Morgan fingerprint density at radius 2 is 1.76 bits per heavy atom. The van der Waals surface area contributed by atoms with Crippen LogP contribution in [-0.4, -0.2) is 94.8 Å². The molecule has 2 N–H and O–H groups in total. The number of β-amino-alcohol motifs (C(OH)–C–C–N with tert-alkyl or cyclic N) is 1. The van der Waals surface area contributed by atoms with Gasteiger partial charge in [0.15, 0.2) is 5.82 Å². The van der Waals surface area contributed by atoms with E-state index in [9.17, 15) is 18.3 Å². The van der Waals surface area contributed by atoms with Crippen molar-refractivity contribution in [2.45, 2.75) is 25.4 Å². The molecule has 0 bridgehead atoms. The minimum absolute atomic E-state index is 0.332. The molecule has 12 heteroatoms. The van der Waals surface area contributed by atoms with Crippen LogP contribution in [0.2, 0.25) is 0 Å². The Morgan fingerprint density at radius 1 is 1.03 bits per heavy atom. The molecule has 0 amide bonds. The number of piperidine rings is 1. The minimum Gasteiger partial charge on any atom is -0.389 e. The SMILES string of the molecule is OC(CF)CN1CCC(CNc2nc(N3CCOCC3)cc(-n3c(C(F)F)nc4ccccc43)n2)CC1. The molecule has 37 heavy (non-hydrogen) atoms. The molecule has 2 aromatic heterocycles. The zero-order chi connectivity index (χ0) is 25.8. The van der Waals surface area contributed by atoms with Crippen molar-refractivity contribution < 1.29 is 23.0 Å². The molecule has 1 unspecified atom stereocenters. The smallest absolute Gasteiger partial charge is 0.296 e. The molecule has 4 heterocycles. The number of alkyl halides is 3. The second kappa shape index (κ2) is 11.6. The molecular weight excluding hydrogens is 487 g/mol. The van der Waals surface area contributed by atoms with Gasteiger partial charge in [0.25, 0.3) is 6.43 Å². The Hall–Kier alpha value is -2.96. The topological polar surface area (TPSA) is 91.6 Å². The first-order valence-electron chi connectivity index (χ1n) is 12.7. The molecular formula is C25H32F3N7O2. The van der Waals surface area contributed by atoms with Gasteiger partial charge in [-0.25, -0.2) is 18.2 Å². The number of fused-ring (bicyclic) bond motifs is 1. The lowest BCUT2D eigenvalue weighted by Gasteiger charge is -2.33. The van der Waals surface area contributed by atoms with E-state index in [1.165, 1.54) is 4.57 Å². The van der Waals surface area contributed by atoms with E-state index in [1.807, 2.05) is 0 Å². The monoisotopic (exact) mass is 519 g/mol. The van der Waals surface area contributed by atoms with Gasteiger partial charge in [0.1, 0.15) is 18.3 Å². The average molecular weight is 520 g/mol. The van der Waals surface area contributed by atoms with E-state index in [1.54, 1.807) is 30.3 Å². The van der Waals surface area contributed by atoms with Crippen molar-refractivity contribution in [3.8, 4) is 5.82 Å². The summed E-state index contributed by atoms with van der Waals surface area (Å²) in [5.74, 6) is 1.33. The second-order valence-electron chi connectivity index (χ2n) is 9.54. The van der Waals surface area contributed by atoms with Crippen molar-refractivity contribution in [3.05, 3.63) is 36.2 Å². The number of para-hydroxylation sites is 2. The molecule has 0 aliphatic carbocycles. The van der Waals surface area contributed by atoms with Crippen LogP contribution in [0.3, 0.4) is 0 Å². The summed E-state index contributed by atoms with van der Waals surface area (Å²) in [6.07, 6.45) is -1.93. The van der Waals surface area contributed by atoms with E-state index in [4.69, 9.17) is 9.72 Å². The van der Waals surface area contributed by atoms with Gasteiger partial charge >= 0.3 is 0 Å². The molecule has 5 rings (SSSR count). The third-order valence-corrected chi connectivity index (χ3v) is 6.95. The molecule has 0 saturated carbocycles. The highest BCUT2D eigenvalue weighted by atomic mass is 19.3. The van der Waals surface area contributed by atoms with E-state index in [0.29, 0.717) is 73.9 Å². The van der Waals surface area contributed by atoms with E-state index in [2.05, 4.69) is 25.1 Å². The van der Waals surface area contributed by atoms with Crippen molar-refractivity contribution in [1.82, 2.24) is 24.4 Å². The first-order chi connectivity index (χ1) is 18.0. The third kappa shape index (κ3) is 5.97. The number of nitrogens with zero attached hydrogens (tertiary/aromatic N) is 6. The highest BCUT2D eigenvalue weighted by Gasteiger charge is 2.24. The Kier molecular flexibility index (Phi) is 8.06. The number of nitrogens with one attached hydrogen (secondary N) is 1. The number of hydrogen-bond donors (Lipinski definition) is 2. The molecule has 0 spiro atoms. The summed E-state index contributed by atoms with van der Waals surface area (Å²) >= 11 is 0. The van der Waals surface area contributed by atoms with Crippen LogP contribution in [0, 0.1) is 5.92 Å². The maximum absolute atomic E-state index is 14.0. The maximum atomic E-state index is 14.0. The van der Waals surface area contributed by atoms with E-state index in [-0.39, 0.29) is 5.82 Å². The summed E-state index contributed by atoms with van der Waals surface area (Å²) < 4.78 is 47.6. The highest BCUT2D eigenvalue weighted by molar-refractivity contribution is 5.78.